The maximum absolute atomic E-state index is 6.23. The molecule has 3 heterocycles. The first kappa shape index (κ1) is 14.0. The van der Waals surface area contributed by atoms with Crippen LogP contribution in [0.25, 0.3) is 0 Å². The van der Waals surface area contributed by atoms with Gasteiger partial charge in [0.05, 0.1) is 16.8 Å². The Morgan fingerprint density at radius 2 is 2.05 bits per heavy atom. The molecule has 1 unspecified atom stereocenters. The summed E-state index contributed by atoms with van der Waals surface area (Å²) in [4.78, 5) is 6.34. The maximum atomic E-state index is 6.23. The molecule has 2 N–H and O–H groups in total. The number of nitrogens with two attached hydrogens (primary N) is 1. The summed E-state index contributed by atoms with van der Waals surface area (Å²) in [6.07, 6.45) is 8.23. The van der Waals surface area contributed by atoms with Crippen molar-refractivity contribution >= 4 is 23.1 Å². The quantitative estimate of drug-likeness (QED) is 0.911. The molecule has 0 bridgehead atoms. The third kappa shape index (κ3) is 3.01. The largest absolute Gasteiger partial charge is 0.384 e. The molecule has 3 rings (SSSR count). The van der Waals surface area contributed by atoms with Crippen molar-refractivity contribution in [2.24, 2.45) is 5.92 Å². The first-order valence-corrected chi connectivity index (χ1v) is 7.89. The van der Waals surface area contributed by atoms with Crippen LogP contribution in [0.4, 0.5) is 11.5 Å². The molecule has 2 saturated heterocycles. The summed E-state index contributed by atoms with van der Waals surface area (Å²) in [7, 11) is 0. The highest BCUT2D eigenvalue weighted by Crippen LogP contribution is 2.33. The SMILES string of the molecule is Nc1cc(N2CCC(C3CCCCO3)CC2)c(Cl)cn1. The highest BCUT2D eigenvalue weighted by molar-refractivity contribution is 6.33. The summed E-state index contributed by atoms with van der Waals surface area (Å²) in [5.41, 5.74) is 6.78. The first-order valence-electron chi connectivity index (χ1n) is 7.51. The van der Waals surface area contributed by atoms with Gasteiger partial charge in [-0.1, -0.05) is 11.6 Å². The zero-order valence-electron chi connectivity index (χ0n) is 11.7. The number of hydrogen-bond acceptors (Lipinski definition) is 4. The van der Waals surface area contributed by atoms with Crippen LogP contribution in [0.1, 0.15) is 32.1 Å². The normalized spacial score (nSPS) is 24.9. The minimum absolute atomic E-state index is 0.476. The molecule has 0 saturated carbocycles. The van der Waals surface area contributed by atoms with E-state index in [1.165, 1.54) is 32.1 Å². The number of pyridine rings is 1. The van der Waals surface area contributed by atoms with Gasteiger partial charge in [-0.3, -0.25) is 0 Å². The van der Waals surface area contributed by atoms with Crippen molar-refractivity contribution in [3.05, 3.63) is 17.3 Å². The smallest absolute Gasteiger partial charge is 0.125 e. The van der Waals surface area contributed by atoms with Gasteiger partial charge in [0.15, 0.2) is 0 Å². The average Bonchev–Trinajstić information content (AvgIpc) is 2.51. The van der Waals surface area contributed by atoms with E-state index in [0.29, 0.717) is 22.9 Å². The van der Waals surface area contributed by atoms with Gasteiger partial charge < -0.3 is 15.4 Å². The number of nitrogen functional groups attached to an aromatic ring is 1. The van der Waals surface area contributed by atoms with E-state index in [-0.39, 0.29) is 0 Å². The monoisotopic (exact) mass is 295 g/mol. The van der Waals surface area contributed by atoms with Crippen LogP contribution in [0.15, 0.2) is 12.3 Å². The lowest BCUT2D eigenvalue weighted by molar-refractivity contribution is -0.0270. The number of piperidine rings is 1. The number of anilines is 2. The fourth-order valence-corrected chi connectivity index (χ4v) is 3.56. The molecule has 1 aromatic rings. The first-order chi connectivity index (χ1) is 9.74. The molecule has 110 valence electrons. The summed E-state index contributed by atoms with van der Waals surface area (Å²) in [5.74, 6) is 1.23. The highest BCUT2D eigenvalue weighted by Gasteiger charge is 2.29. The lowest BCUT2D eigenvalue weighted by atomic mass is 9.87. The topological polar surface area (TPSA) is 51.4 Å². The van der Waals surface area contributed by atoms with E-state index < -0.39 is 0 Å². The van der Waals surface area contributed by atoms with Gasteiger partial charge in [-0.25, -0.2) is 4.98 Å². The average molecular weight is 296 g/mol. The molecule has 0 aromatic carbocycles. The third-order valence-electron chi connectivity index (χ3n) is 4.48. The highest BCUT2D eigenvalue weighted by atomic mass is 35.5. The minimum Gasteiger partial charge on any atom is -0.384 e. The van der Waals surface area contributed by atoms with Gasteiger partial charge >= 0.3 is 0 Å². The number of halogens is 1. The van der Waals surface area contributed by atoms with Crippen molar-refractivity contribution in [2.75, 3.05) is 30.3 Å². The van der Waals surface area contributed by atoms with E-state index in [1.54, 1.807) is 6.20 Å². The fourth-order valence-electron chi connectivity index (χ4n) is 3.34. The number of ether oxygens (including phenoxy) is 1. The summed E-state index contributed by atoms with van der Waals surface area (Å²) in [6.45, 7) is 2.99. The van der Waals surface area contributed by atoms with Gasteiger partial charge in [-0.15, -0.1) is 0 Å². The molecule has 1 atom stereocenters. The Morgan fingerprint density at radius 3 is 2.75 bits per heavy atom. The predicted octanol–water partition coefficient (Wildman–Crippen LogP) is 3.10. The Morgan fingerprint density at radius 1 is 1.25 bits per heavy atom. The van der Waals surface area contributed by atoms with Crippen LogP contribution in [-0.4, -0.2) is 30.8 Å². The molecule has 1 aromatic heterocycles. The van der Waals surface area contributed by atoms with Crippen LogP contribution < -0.4 is 10.6 Å². The van der Waals surface area contributed by atoms with Crippen molar-refractivity contribution in [3.8, 4) is 0 Å². The summed E-state index contributed by atoms with van der Waals surface area (Å²) in [5, 5.41) is 0.687. The molecule has 0 radical (unpaired) electrons. The van der Waals surface area contributed by atoms with Gasteiger partial charge in [-0.2, -0.15) is 0 Å². The maximum Gasteiger partial charge on any atom is 0.125 e. The Bertz CT molecular complexity index is 454. The number of nitrogens with zero attached hydrogens (tertiary/aromatic N) is 2. The van der Waals surface area contributed by atoms with E-state index in [9.17, 15) is 0 Å². The fraction of sp³-hybridized carbons (Fsp3) is 0.667. The molecule has 0 spiro atoms. The second-order valence-electron chi connectivity index (χ2n) is 5.79. The molecule has 2 aliphatic heterocycles. The summed E-state index contributed by atoms with van der Waals surface area (Å²) < 4.78 is 5.93. The number of aromatic nitrogens is 1. The molecule has 2 fully saturated rings. The predicted molar refractivity (Wildman–Crippen MR) is 82.2 cm³/mol. The van der Waals surface area contributed by atoms with Gasteiger partial charge in [0, 0.05) is 32.0 Å². The van der Waals surface area contributed by atoms with E-state index in [2.05, 4.69) is 9.88 Å². The Labute approximate surface area is 125 Å². The van der Waals surface area contributed by atoms with Crippen LogP contribution >= 0.6 is 11.6 Å². The Balaban J connectivity index is 1.61. The van der Waals surface area contributed by atoms with Crippen LogP contribution in [0.2, 0.25) is 5.02 Å². The van der Waals surface area contributed by atoms with Crippen LogP contribution in [0.3, 0.4) is 0 Å². The summed E-state index contributed by atoms with van der Waals surface area (Å²) in [6, 6.07) is 1.87. The molecule has 5 heteroatoms. The van der Waals surface area contributed by atoms with Crippen molar-refractivity contribution in [3.63, 3.8) is 0 Å². The van der Waals surface area contributed by atoms with E-state index in [0.717, 1.165) is 25.4 Å². The molecule has 0 aliphatic carbocycles. The van der Waals surface area contributed by atoms with Crippen molar-refractivity contribution in [1.29, 1.82) is 0 Å². The summed E-state index contributed by atoms with van der Waals surface area (Å²) >= 11 is 6.23. The van der Waals surface area contributed by atoms with Gasteiger partial charge in [0.1, 0.15) is 5.82 Å². The molecule has 2 aliphatic rings. The zero-order valence-corrected chi connectivity index (χ0v) is 12.5. The minimum atomic E-state index is 0.476. The number of rotatable bonds is 2. The Hall–Kier alpha value is -1.00. The molecule has 0 amide bonds. The lowest BCUT2D eigenvalue weighted by Gasteiger charge is -2.38. The zero-order chi connectivity index (χ0) is 13.9. The van der Waals surface area contributed by atoms with Gasteiger partial charge in [-0.05, 0) is 38.0 Å². The molecular formula is C15H22ClN3O. The van der Waals surface area contributed by atoms with E-state index >= 15 is 0 Å². The molecule has 4 nitrogen and oxygen atoms in total. The third-order valence-corrected chi connectivity index (χ3v) is 4.77. The molecular weight excluding hydrogens is 274 g/mol. The van der Waals surface area contributed by atoms with Crippen molar-refractivity contribution in [1.82, 2.24) is 4.98 Å². The molecule has 20 heavy (non-hydrogen) atoms. The lowest BCUT2D eigenvalue weighted by Crippen LogP contribution is -2.39. The van der Waals surface area contributed by atoms with Gasteiger partial charge in [0.2, 0.25) is 0 Å². The van der Waals surface area contributed by atoms with E-state index in [1.807, 2.05) is 6.07 Å². The van der Waals surface area contributed by atoms with E-state index in [4.69, 9.17) is 22.1 Å². The number of hydrogen-bond donors (Lipinski definition) is 1. The van der Waals surface area contributed by atoms with Gasteiger partial charge in [0.25, 0.3) is 0 Å². The standard InChI is InChI=1S/C15H22ClN3O/c16-12-10-18-15(17)9-13(12)19-6-4-11(5-7-19)14-3-1-2-8-20-14/h9-11,14H,1-8H2,(H2,17,18). The second-order valence-corrected chi connectivity index (χ2v) is 6.20. The van der Waals surface area contributed by atoms with Crippen molar-refractivity contribution in [2.45, 2.75) is 38.2 Å². The van der Waals surface area contributed by atoms with Crippen LogP contribution in [0, 0.1) is 5.92 Å². The Kier molecular flexibility index (Phi) is 4.32. The van der Waals surface area contributed by atoms with Crippen LogP contribution in [-0.2, 0) is 4.74 Å². The second kappa shape index (κ2) is 6.19. The van der Waals surface area contributed by atoms with Crippen LogP contribution in [0.5, 0.6) is 0 Å². The van der Waals surface area contributed by atoms with Crippen molar-refractivity contribution < 1.29 is 4.74 Å².